The Balaban J connectivity index is 1.81. The maximum absolute atomic E-state index is 12.2. The number of rotatable bonds is 4. The number of hydrogen-bond donors (Lipinski definition) is 1. The third-order valence-electron chi connectivity index (χ3n) is 3.64. The number of carbonyl (C=O) groups excluding carboxylic acids is 1. The zero-order valence-electron chi connectivity index (χ0n) is 11.6. The highest BCUT2D eigenvalue weighted by Crippen LogP contribution is 2.15. The number of amides is 1. The molecule has 1 aromatic heterocycles. The second-order valence-electron chi connectivity index (χ2n) is 5.22. The number of likely N-dealkylation sites (N-methyl/N-ethyl adjacent to an activating group) is 1. The first kappa shape index (κ1) is 14.4. The Kier molecular flexibility index (Phi) is 4.90. The van der Waals surface area contributed by atoms with Crippen molar-refractivity contribution in [3.63, 3.8) is 0 Å². The van der Waals surface area contributed by atoms with Crippen molar-refractivity contribution in [2.24, 2.45) is 5.73 Å². The fraction of sp³-hybridized carbons (Fsp3) is 0.692. The number of aryl methyl sites for hydroxylation is 1. The Morgan fingerprint density at radius 1 is 1.58 bits per heavy atom. The number of piperidine rings is 1. The van der Waals surface area contributed by atoms with Crippen LogP contribution < -0.4 is 5.73 Å². The summed E-state index contributed by atoms with van der Waals surface area (Å²) < 4.78 is 0. The summed E-state index contributed by atoms with van der Waals surface area (Å²) in [5, 5.41) is 0. The zero-order chi connectivity index (χ0) is 13.8. The lowest BCUT2D eigenvalue weighted by Crippen LogP contribution is -2.44. The highest BCUT2D eigenvalue weighted by Gasteiger charge is 2.20. The monoisotopic (exact) mass is 282 g/mol. The van der Waals surface area contributed by atoms with Gasteiger partial charge in [0.1, 0.15) is 0 Å². The van der Waals surface area contributed by atoms with Gasteiger partial charge < -0.3 is 10.6 Å². The van der Waals surface area contributed by atoms with Gasteiger partial charge in [-0.15, -0.1) is 11.3 Å². The largest absolute Gasteiger partial charge is 0.339 e. The lowest BCUT2D eigenvalue weighted by molar-refractivity contribution is -0.131. The van der Waals surface area contributed by atoms with Crippen LogP contribution in [-0.4, -0.2) is 53.4 Å². The van der Waals surface area contributed by atoms with Crippen LogP contribution in [-0.2, 0) is 11.3 Å². The van der Waals surface area contributed by atoms with E-state index < -0.39 is 0 Å². The van der Waals surface area contributed by atoms with Crippen molar-refractivity contribution in [1.29, 1.82) is 0 Å². The Bertz CT molecular complexity index is 426. The van der Waals surface area contributed by atoms with Crippen molar-refractivity contribution in [1.82, 2.24) is 14.8 Å². The number of hydrogen-bond acceptors (Lipinski definition) is 5. The normalized spacial score (nSPS) is 17.6. The highest BCUT2D eigenvalue weighted by molar-refractivity contribution is 7.09. The lowest BCUT2D eigenvalue weighted by Gasteiger charge is -2.30. The van der Waals surface area contributed by atoms with E-state index in [0.717, 1.165) is 36.5 Å². The fourth-order valence-electron chi connectivity index (χ4n) is 2.20. The molecule has 0 radical (unpaired) electrons. The van der Waals surface area contributed by atoms with Crippen molar-refractivity contribution in [3.05, 3.63) is 16.1 Å². The van der Waals surface area contributed by atoms with Gasteiger partial charge in [-0.1, -0.05) is 0 Å². The average Bonchev–Trinajstić information content (AvgIpc) is 2.78. The molecule has 106 valence electrons. The summed E-state index contributed by atoms with van der Waals surface area (Å²) in [6.07, 6.45) is 1.98. The van der Waals surface area contributed by atoms with Crippen molar-refractivity contribution >= 4 is 17.2 Å². The second kappa shape index (κ2) is 6.45. The van der Waals surface area contributed by atoms with Gasteiger partial charge in [0.2, 0.25) is 5.91 Å². The van der Waals surface area contributed by atoms with E-state index in [1.807, 2.05) is 19.5 Å². The molecule has 2 rings (SSSR count). The molecule has 0 spiro atoms. The molecule has 6 heteroatoms. The summed E-state index contributed by atoms with van der Waals surface area (Å²) >= 11 is 1.61. The van der Waals surface area contributed by atoms with Crippen molar-refractivity contribution in [2.45, 2.75) is 32.4 Å². The van der Waals surface area contributed by atoms with Gasteiger partial charge in [0.25, 0.3) is 0 Å². The summed E-state index contributed by atoms with van der Waals surface area (Å²) in [7, 11) is 1.86. The summed E-state index contributed by atoms with van der Waals surface area (Å²) in [6.45, 7) is 5.00. The molecule has 1 saturated heterocycles. The number of nitrogens with two attached hydrogens (primary N) is 1. The first-order chi connectivity index (χ1) is 9.06. The zero-order valence-corrected chi connectivity index (χ0v) is 12.4. The van der Waals surface area contributed by atoms with E-state index in [0.29, 0.717) is 19.1 Å². The third kappa shape index (κ3) is 3.99. The molecule has 0 aromatic carbocycles. The van der Waals surface area contributed by atoms with Gasteiger partial charge in [-0.25, -0.2) is 4.98 Å². The van der Waals surface area contributed by atoms with E-state index in [-0.39, 0.29) is 5.91 Å². The van der Waals surface area contributed by atoms with Crippen molar-refractivity contribution in [2.75, 3.05) is 26.7 Å². The molecule has 1 aliphatic rings. The Morgan fingerprint density at radius 3 is 2.84 bits per heavy atom. The lowest BCUT2D eigenvalue weighted by atomic mass is 10.1. The maximum Gasteiger partial charge on any atom is 0.236 e. The van der Waals surface area contributed by atoms with Crippen LogP contribution in [0.15, 0.2) is 5.51 Å². The van der Waals surface area contributed by atoms with Crippen LogP contribution in [0.2, 0.25) is 0 Å². The molecule has 0 aliphatic carbocycles. The molecule has 0 unspecified atom stereocenters. The summed E-state index contributed by atoms with van der Waals surface area (Å²) in [5.74, 6) is 0.170. The number of carbonyl (C=O) groups is 1. The smallest absolute Gasteiger partial charge is 0.236 e. The van der Waals surface area contributed by atoms with Crippen molar-refractivity contribution in [3.8, 4) is 0 Å². The minimum Gasteiger partial charge on any atom is -0.339 e. The summed E-state index contributed by atoms with van der Waals surface area (Å²) in [4.78, 5) is 21.5. The van der Waals surface area contributed by atoms with Gasteiger partial charge in [0, 0.05) is 31.1 Å². The Morgan fingerprint density at radius 2 is 2.26 bits per heavy atom. The second-order valence-corrected chi connectivity index (χ2v) is 6.16. The van der Waals surface area contributed by atoms with Crippen LogP contribution in [0, 0.1) is 6.92 Å². The molecule has 2 heterocycles. The van der Waals surface area contributed by atoms with E-state index in [2.05, 4.69) is 9.88 Å². The topological polar surface area (TPSA) is 62.5 Å². The van der Waals surface area contributed by atoms with Gasteiger partial charge in [0.05, 0.1) is 24.3 Å². The van der Waals surface area contributed by atoms with E-state index in [9.17, 15) is 4.79 Å². The number of likely N-dealkylation sites (tertiary alicyclic amines) is 1. The first-order valence-corrected chi connectivity index (χ1v) is 7.55. The van der Waals surface area contributed by atoms with Crippen LogP contribution in [0.3, 0.4) is 0 Å². The molecular weight excluding hydrogens is 260 g/mol. The molecule has 0 atom stereocenters. The summed E-state index contributed by atoms with van der Waals surface area (Å²) in [5.41, 5.74) is 8.72. The van der Waals surface area contributed by atoms with Crippen LogP contribution in [0.25, 0.3) is 0 Å². The van der Waals surface area contributed by atoms with E-state index in [4.69, 9.17) is 5.73 Å². The molecule has 5 nitrogen and oxygen atoms in total. The number of nitrogens with zero attached hydrogens (tertiary/aromatic N) is 3. The minimum absolute atomic E-state index is 0.170. The van der Waals surface area contributed by atoms with Crippen molar-refractivity contribution < 1.29 is 4.79 Å². The SMILES string of the molecule is Cc1ncsc1CN(C)C(=O)CN1CCC(N)CC1. The molecule has 0 bridgehead atoms. The first-order valence-electron chi connectivity index (χ1n) is 6.67. The number of thiazole rings is 1. The van der Waals surface area contributed by atoms with Crippen LogP contribution in [0.1, 0.15) is 23.4 Å². The molecule has 0 saturated carbocycles. The minimum atomic E-state index is 0.170. The average molecular weight is 282 g/mol. The van der Waals surface area contributed by atoms with E-state index in [1.165, 1.54) is 0 Å². The molecule has 19 heavy (non-hydrogen) atoms. The number of aromatic nitrogens is 1. The van der Waals surface area contributed by atoms with Crippen LogP contribution in [0.4, 0.5) is 0 Å². The molecule has 1 fully saturated rings. The van der Waals surface area contributed by atoms with E-state index >= 15 is 0 Å². The summed E-state index contributed by atoms with van der Waals surface area (Å²) in [6, 6.07) is 0.309. The van der Waals surface area contributed by atoms with E-state index in [1.54, 1.807) is 16.2 Å². The standard InChI is InChI=1S/C13H22N4OS/c1-10-12(19-9-15-10)7-16(2)13(18)8-17-5-3-11(14)4-6-17/h9,11H,3-8,14H2,1-2H3. The molecule has 1 amide bonds. The maximum atomic E-state index is 12.2. The van der Waals surface area contributed by atoms with Crippen LogP contribution >= 0.6 is 11.3 Å². The predicted octanol–water partition coefficient (Wildman–Crippen LogP) is 0.833. The van der Waals surface area contributed by atoms with Crippen LogP contribution in [0.5, 0.6) is 0 Å². The van der Waals surface area contributed by atoms with Gasteiger partial charge in [-0.2, -0.15) is 0 Å². The van der Waals surface area contributed by atoms with Gasteiger partial charge >= 0.3 is 0 Å². The molecule has 2 N–H and O–H groups in total. The van der Waals surface area contributed by atoms with Gasteiger partial charge in [-0.3, -0.25) is 9.69 Å². The predicted molar refractivity (Wildman–Crippen MR) is 77.0 cm³/mol. The van der Waals surface area contributed by atoms with Gasteiger partial charge in [0.15, 0.2) is 0 Å². The highest BCUT2D eigenvalue weighted by atomic mass is 32.1. The van der Waals surface area contributed by atoms with Gasteiger partial charge in [-0.05, 0) is 19.8 Å². The Labute approximate surface area is 118 Å². The quantitative estimate of drug-likeness (QED) is 0.888. The molecule has 1 aliphatic heterocycles. The molecular formula is C13H22N4OS. The Hall–Kier alpha value is -0.980. The molecule has 1 aromatic rings. The third-order valence-corrected chi connectivity index (χ3v) is 4.56. The fourth-order valence-corrected chi connectivity index (χ4v) is 3.03.